The molecule has 2 rings (SSSR count). The van der Waals surface area contributed by atoms with E-state index in [1.165, 1.54) is 0 Å². The second-order valence-electron chi connectivity index (χ2n) is 3.59. The first kappa shape index (κ1) is 11.1. The zero-order valence-electron chi connectivity index (χ0n) is 9.03. The molecular formula is C10H13ClN4O. The molecular weight excluding hydrogens is 228 g/mol. The molecule has 0 bridgehead atoms. The van der Waals surface area contributed by atoms with E-state index in [1.807, 2.05) is 11.8 Å². The van der Waals surface area contributed by atoms with Gasteiger partial charge in [-0.05, 0) is 0 Å². The van der Waals surface area contributed by atoms with Crippen LogP contribution in [0.3, 0.4) is 0 Å². The standard InChI is InChI=1S/C10H13ClN4O/c1-2-8-13-7(11)5-9(14-8)15-4-3-12-10(16)6-15/h5H,2-4,6H2,1H3,(H,12,16). The summed E-state index contributed by atoms with van der Waals surface area (Å²) >= 11 is 5.91. The molecule has 1 saturated heterocycles. The molecule has 1 aliphatic rings. The van der Waals surface area contributed by atoms with Crippen LogP contribution in [-0.4, -0.2) is 35.5 Å². The van der Waals surface area contributed by atoms with Crippen LogP contribution in [0.2, 0.25) is 5.15 Å². The SMILES string of the molecule is CCc1nc(Cl)cc(N2CCNC(=O)C2)n1. The summed E-state index contributed by atoms with van der Waals surface area (Å²) in [7, 11) is 0. The maximum Gasteiger partial charge on any atom is 0.239 e. The van der Waals surface area contributed by atoms with Crippen LogP contribution in [0.5, 0.6) is 0 Å². The van der Waals surface area contributed by atoms with Crippen LogP contribution in [0, 0.1) is 0 Å². The van der Waals surface area contributed by atoms with Gasteiger partial charge in [0.2, 0.25) is 5.91 Å². The van der Waals surface area contributed by atoms with Crippen LogP contribution < -0.4 is 10.2 Å². The lowest BCUT2D eigenvalue weighted by molar-refractivity contribution is -0.120. The van der Waals surface area contributed by atoms with Crippen molar-refractivity contribution in [1.29, 1.82) is 0 Å². The van der Waals surface area contributed by atoms with E-state index in [1.54, 1.807) is 6.07 Å². The number of rotatable bonds is 2. The van der Waals surface area contributed by atoms with E-state index in [2.05, 4.69) is 15.3 Å². The van der Waals surface area contributed by atoms with Crippen LogP contribution in [0.4, 0.5) is 5.82 Å². The van der Waals surface area contributed by atoms with Gasteiger partial charge in [0.15, 0.2) is 0 Å². The number of aryl methyl sites for hydroxylation is 1. The van der Waals surface area contributed by atoms with Crippen molar-refractivity contribution in [2.24, 2.45) is 0 Å². The number of carbonyl (C=O) groups excluding carboxylic acids is 1. The summed E-state index contributed by atoms with van der Waals surface area (Å²) < 4.78 is 0. The highest BCUT2D eigenvalue weighted by atomic mass is 35.5. The maximum absolute atomic E-state index is 11.3. The second-order valence-corrected chi connectivity index (χ2v) is 3.98. The number of halogens is 1. The largest absolute Gasteiger partial charge is 0.353 e. The van der Waals surface area contributed by atoms with Crippen molar-refractivity contribution in [2.75, 3.05) is 24.5 Å². The van der Waals surface area contributed by atoms with Gasteiger partial charge in [0.25, 0.3) is 0 Å². The Hall–Kier alpha value is -1.36. The third kappa shape index (κ3) is 2.41. The van der Waals surface area contributed by atoms with Crippen molar-refractivity contribution in [1.82, 2.24) is 15.3 Å². The van der Waals surface area contributed by atoms with Crippen LogP contribution in [-0.2, 0) is 11.2 Å². The molecule has 6 heteroatoms. The molecule has 0 aromatic carbocycles. The number of anilines is 1. The Kier molecular flexibility index (Phi) is 3.24. The Labute approximate surface area is 98.8 Å². The Morgan fingerprint density at radius 1 is 1.56 bits per heavy atom. The number of nitrogens with zero attached hydrogens (tertiary/aromatic N) is 3. The minimum absolute atomic E-state index is 0.0130. The van der Waals surface area contributed by atoms with E-state index in [-0.39, 0.29) is 5.91 Å². The van der Waals surface area contributed by atoms with Crippen LogP contribution in [0.25, 0.3) is 0 Å². The number of hydrogen-bond acceptors (Lipinski definition) is 4. The molecule has 16 heavy (non-hydrogen) atoms. The lowest BCUT2D eigenvalue weighted by atomic mass is 10.3. The molecule has 1 aromatic heterocycles. The van der Waals surface area contributed by atoms with Gasteiger partial charge in [0.1, 0.15) is 16.8 Å². The van der Waals surface area contributed by atoms with Crippen molar-refractivity contribution >= 4 is 23.3 Å². The third-order valence-electron chi connectivity index (χ3n) is 2.41. The van der Waals surface area contributed by atoms with E-state index in [0.29, 0.717) is 24.1 Å². The molecule has 1 amide bonds. The van der Waals surface area contributed by atoms with Gasteiger partial charge in [-0.2, -0.15) is 0 Å². The number of nitrogens with one attached hydrogen (secondary N) is 1. The summed E-state index contributed by atoms with van der Waals surface area (Å²) in [4.78, 5) is 21.6. The smallest absolute Gasteiger partial charge is 0.239 e. The zero-order valence-corrected chi connectivity index (χ0v) is 9.79. The molecule has 2 heterocycles. The van der Waals surface area contributed by atoms with Gasteiger partial charge in [-0.3, -0.25) is 4.79 Å². The maximum atomic E-state index is 11.3. The summed E-state index contributed by atoms with van der Waals surface area (Å²) in [6.45, 7) is 3.69. The topological polar surface area (TPSA) is 58.1 Å². The first-order valence-electron chi connectivity index (χ1n) is 5.24. The molecule has 1 aromatic rings. The van der Waals surface area contributed by atoms with E-state index >= 15 is 0 Å². The first-order valence-corrected chi connectivity index (χ1v) is 5.62. The lowest BCUT2D eigenvalue weighted by Crippen LogP contribution is -2.48. The van der Waals surface area contributed by atoms with Crippen LogP contribution in [0.15, 0.2) is 6.07 Å². The number of hydrogen-bond donors (Lipinski definition) is 1. The second kappa shape index (κ2) is 4.65. The van der Waals surface area contributed by atoms with Gasteiger partial charge in [-0.15, -0.1) is 0 Å². The summed E-state index contributed by atoms with van der Waals surface area (Å²) in [6.07, 6.45) is 0.730. The predicted molar refractivity (Wildman–Crippen MR) is 61.6 cm³/mol. The van der Waals surface area contributed by atoms with Gasteiger partial charge in [0, 0.05) is 25.6 Å². The first-order chi connectivity index (χ1) is 7.69. The fraction of sp³-hybridized carbons (Fsp3) is 0.500. The molecule has 0 saturated carbocycles. The monoisotopic (exact) mass is 240 g/mol. The molecule has 0 radical (unpaired) electrons. The Bertz CT molecular complexity index is 410. The van der Waals surface area contributed by atoms with Crippen LogP contribution in [0.1, 0.15) is 12.7 Å². The minimum Gasteiger partial charge on any atom is -0.353 e. The molecule has 0 spiro atoms. The molecule has 0 aliphatic carbocycles. The quantitative estimate of drug-likeness (QED) is 0.771. The fourth-order valence-electron chi connectivity index (χ4n) is 1.61. The lowest BCUT2D eigenvalue weighted by Gasteiger charge is -2.27. The zero-order chi connectivity index (χ0) is 11.5. The highest BCUT2D eigenvalue weighted by Gasteiger charge is 2.18. The molecule has 1 aliphatic heterocycles. The van der Waals surface area contributed by atoms with Crippen molar-refractivity contribution in [3.8, 4) is 0 Å². The summed E-state index contributed by atoms with van der Waals surface area (Å²) in [5, 5.41) is 3.19. The van der Waals surface area contributed by atoms with Crippen molar-refractivity contribution < 1.29 is 4.79 Å². The average Bonchev–Trinajstić information content (AvgIpc) is 2.28. The normalized spacial score (nSPS) is 16.1. The Balaban J connectivity index is 2.24. The average molecular weight is 241 g/mol. The minimum atomic E-state index is 0.0130. The van der Waals surface area contributed by atoms with E-state index in [4.69, 9.17) is 11.6 Å². The number of piperazine rings is 1. The molecule has 86 valence electrons. The number of amides is 1. The van der Waals surface area contributed by atoms with Gasteiger partial charge in [0.05, 0.1) is 6.54 Å². The van der Waals surface area contributed by atoms with Gasteiger partial charge in [-0.25, -0.2) is 9.97 Å². The van der Waals surface area contributed by atoms with Gasteiger partial charge in [-0.1, -0.05) is 18.5 Å². The molecule has 0 unspecified atom stereocenters. The van der Waals surface area contributed by atoms with E-state index < -0.39 is 0 Å². The number of carbonyl (C=O) groups is 1. The molecule has 0 atom stereocenters. The summed E-state index contributed by atoms with van der Waals surface area (Å²) in [5.41, 5.74) is 0. The van der Waals surface area contributed by atoms with E-state index in [0.717, 1.165) is 18.8 Å². The van der Waals surface area contributed by atoms with Crippen molar-refractivity contribution in [3.63, 3.8) is 0 Å². The van der Waals surface area contributed by atoms with Crippen molar-refractivity contribution in [3.05, 3.63) is 17.0 Å². The fourth-order valence-corrected chi connectivity index (χ4v) is 1.80. The van der Waals surface area contributed by atoms with Gasteiger partial charge >= 0.3 is 0 Å². The summed E-state index contributed by atoms with van der Waals surface area (Å²) in [6, 6.07) is 1.69. The number of aromatic nitrogens is 2. The van der Waals surface area contributed by atoms with E-state index in [9.17, 15) is 4.79 Å². The molecule has 5 nitrogen and oxygen atoms in total. The third-order valence-corrected chi connectivity index (χ3v) is 2.60. The Morgan fingerprint density at radius 2 is 2.38 bits per heavy atom. The summed E-state index contributed by atoms with van der Waals surface area (Å²) in [5.74, 6) is 1.44. The van der Waals surface area contributed by atoms with Crippen molar-refractivity contribution in [2.45, 2.75) is 13.3 Å². The highest BCUT2D eigenvalue weighted by molar-refractivity contribution is 6.29. The molecule has 1 fully saturated rings. The predicted octanol–water partition coefficient (Wildman–Crippen LogP) is 0.629. The highest BCUT2D eigenvalue weighted by Crippen LogP contribution is 2.16. The van der Waals surface area contributed by atoms with Crippen LogP contribution >= 0.6 is 11.6 Å². The molecule has 1 N–H and O–H groups in total. The Morgan fingerprint density at radius 3 is 3.06 bits per heavy atom. The van der Waals surface area contributed by atoms with Gasteiger partial charge < -0.3 is 10.2 Å².